The minimum absolute atomic E-state index is 0.972. The van der Waals surface area contributed by atoms with Crippen molar-refractivity contribution in [2.45, 2.75) is 38.3 Å². The lowest BCUT2D eigenvalue weighted by Gasteiger charge is -2.18. The number of rotatable bonds is 4. The molecule has 4 N–H and O–H groups in total. The highest BCUT2D eigenvalue weighted by Gasteiger charge is 2.29. The standard InChI is InChI=1S/C7H14O5/c1-3(8)5(10)7(12)6(11)4(2)9/h3-6,8-11H,1-2H3/t3-,4?,5+,6+/m1/s1. The van der Waals surface area contributed by atoms with E-state index in [2.05, 4.69) is 0 Å². The normalized spacial score (nSPS) is 21.2. The Morgan fingerprint density at radius 3 is 1.33 bits per heavy atom. The molecule has 0 bridgehead atoms. The van der Waals surface area contributed by atoms with Crippen molar-refractivity contribution >= 4 is 5.78 Å². The van der Waals surface area contributed by atoms with Crippen LogP contribution in [0.1, 0.15) is 13.8 Å². The van der Waals surface area contributed by atoms with E-state index >= 15 is 0 Å². The third-order valence-corrected chi connectivity index (χ3v) is 1.50. The van der Waals surface area contributed by atoms with Crippen LogP contribution in [0.2, 0.25) is 0 Å². The molecule has 0 aromatic heterocycles. The smallest absolute Gasteiger partial charge is 0.194 e. The lowest BCUT2D eigenvalue weighted by atomic mass is 10.0. The van der Waals surface area contributed by atoms with Crippen LogP contribution in [-0.2, 0) is 4.79 Å². The fraction of sp³-hybridized carbons (Fsp3) is 0.857. The second-order valence-corrected chi connectivity index (χ2v) is 2.77. The van der Waals surface area contributed by atoms with Gasteiger partial charge in [0.2, 0.25) is 0 Å². The quantitative estimate of drug-likeness (QED) is 0.400. The summed E-state index contributed by atoms with van der Waals surface area (Å²) < 4.78 is 0. The predicted octanol–water partition coefficient (Wildman–Crippen LogP) is -1.96. The van der Waals surface area contributed by atoms with E-state index in [1.165, 1.54) is 13.8 Å². The molecule has 12 heavy (non-hydrogen) atoms. The Morgan fingerprint density at radius 1 is 0.917 bits per heavy atom. The monoisotopic (exact) mass is 178 g/mol. The number of hydrogen-bond donors (Lipinski definition) is 4. The number of ketones is 1. The number of carbonyl (C=O) groups is 1. The van der Waals surface area contributed by atoms with E-state index < -0.39 is 30.2 Å². The van der Waals surface area contributed by atoms with Crippen LogP contribution in [0.15, 0.2) is 0 Å². The van der Waals surface area contributed by atoms with Crippen LogP contribution < -0.4 is 0 Å². The number of aliphatic hydroxyl groups is 4. The van der Waals surface area contributed by atoms with Gasteiger partial charge in [-0.1, -0.05) is 0 Å². The zero-order valence-electron chi connectivity index (χ0n) is 7.01. The van der Waals surface area contributed by atoms with E-state index in [1.807, 2.05) is 0 Å². The van der Waals surface area contributed by atoms with Crippen LogP contribution in [0, 0.1) is 0 Å². The van der Waals surface area contributed by atoms with Gasteiger partial charge in [-0.05, 0) is 13.8 Å². The predicted molar refractivity (Wildman–Crippen MR) is 40.4 cm³/mol. The van der Waals surface area contributed by atoms with Gasteiger partial charge in [0.1, 0.15) is 12.2 Å². The van der Waals surface area contributed by atoms with Crippen LogP contribution in [0.5, 0.6) is 0 Å². The van der Waals surface area contributed by atoms with Gasteiger partial charge < -0.3 is 20.4 Å². The molecular weight excluding hydrogens is 164 g/mol. The Balaban J connectivity index is 4.19. The third kappa shape index (κ3) is 2.86. The SMILES string of the molecule is CC(O)[C@H](O)C(=O)[C@@H](O)[C@@H](C)O. The van der Waals surface area contributed by atoms with Crippen LogP contribution in [0.4, 0.5) is 0 Å². The number of hydrogen-bond acceptors (Lipinski definition) is 5. The van der Waals surface area contributed by atoms with Gasteiger partial charge in [-0.3, -0.25) is 4.79 Å². The lowest BCUT2D eigenvalue weighted by molar-refractivity contribution is -0.145. The first-order valence-electron chi connectivity index (χ1n) is 3.64. The first-order chi connectivity index (χ1) is 5.37. The summed E-state index contributed by atoms with van der Waals surface area (Å²) in [6.07, 6.45) is -5.78. The van der Waals surface area contributed by atoms with Crippen molar-refractivity contribution in [1.29, 1.82) is 0 Å². The number of aliphatic hydroxyl groups excluding tert-OH is 4. The fourth-order valence-corrected chi connectivity index (χ4v) is 0.650. The van der Waals surface area contributed by atoms with Gasteiger partial charge in [0.25, 0.3) is 0 Å². The summed E-state index contributed by atoms with van der Waals surface area (Å²) in [7, 11) is 0. The van der Waals surface area contributed by atoms with E-state index in [4.69, 9.17) is 20.4 Å². The molecule has 0 heterocycles. The van der Waals surface area contributed by atoms with Gasteiger partial charge in [-0.25, -0.2) is 0 Å². The van der Waals surface area contributed by atoms with E-state index in [1.54, 1.807) is 0 Å². The van der Waals surface area contributed by atoms with Gasteiger partial charge in [-0.2, -0.15) is 0 Å². The van der Waals surface area contributed by atoms with Crippen molar-refractivity contribution in [2.75, 3.05) is 0 Å². The molecule has 1 unspecified atom stereocenters. The maximum Gasteiger partial charge on any atom is 0.194 e. The summed E-state index contributed by atoms with van der Waals surface area (Å²) in [4.78, 5) is 10.9. The third-order valence-electron chi connectivity index (χ3n) is 1.50. The zero-order valence-corrected chi connectivity index (χ0v) is 7.01. The van der Waals surface area contributed by atoms with Crippen LogP contribution in [-0.4, -0.2) is 50.6 Å². The van der Waals surface area contributed by atoms with Crippen LogP contribution in [0.25, 0.3) is 0 Å². The molecular formula is C7H14O5. The molecule has 0 rings (SSSR count). The molecule has 0 fully saturated rings. The molecule has 72 valence electrons. The number of Topliss-reactive ketones (excluding diaryl/α,β-unsaturated/α-hetero) is 1. The van der Waals surface area contributed by atoms with Crippen LogP contribution >= 0.6 is 0 Å². The first kappa shape index (κ1) is 11.5. The van der Waals surface area contributed by atoms with E-state index in [0.29, 0.717) is 0 Å². The topological polar surface area (TPSA) is 98.0 Å². The van der Waals surface area contributed by atoms with Crippen molar-refractivity contribution < 1.29 is 25.2 Å². The van der Waals surface area contributed by atoms with Crippen molar-refractivity contribution in [3.05, 3.63) is 0 Å². The van der Waals surface area contributed by atoms with E-state index in [9.17, 15) is 4.79 Å². The van der Waals surface area contributed by atoms with Gasteiger partial charge in [0.15, 0.2) is 5.78 Å². The highest BCUT2D eigenvalue weighted by molar-refractivity contribution is 5.87. The molecule has 4 atom stereocenters. The first-order valence-corrected chi connectivity index (χ1v) is 3.64. The molecule has 0 spiro atoms. The van der Waals surface area contributed by atoms with Gasteiger partial charge in [0.05, 0.1) is 12.2 Å². The second kappa shape index (κ2) is 4.51. The Morgan fingerprint density at radius 2 is 1.17 bits per heavy atom. The minimum atomic E-state index is -1.64. The summed E-state index contributed by atoms with van der Waals surface area (Å²) >= 11 is 0. The summed E-state index contributed by atoms with van der Waals surface area (Å²) in [6, 6.07) is 0. The highest BCUT2D eigenvalue weighted by atomic mass is 16.4. The van der Waals surface area contributed by atoms with Crippen molar-refractivity contribution in [1.82, 2.24) is 0 Å². The molecule has 0 saturated carbocycles. The molecule has 0 saturated heterocycles. The maximum atomic E-state index is 10.9. The van der Waals surface area contributed by atoms with E-state index in [-0.39, 0.29) is 0 Å². The summed E-state index contributed by atoms with van der Waals surface area (Å²) in [5, 5.41) is 35.4. The fourth-order valence-electron chi connectivity index (χ4n) is 0.650. The Hall–Kier alpha value is -0.490. The van der Waals surface area contributed by atoms with Crippen molar-refractivity contribution in [3.8, 4) is 0 Å². The molecule has 0 amide bonds. The molecule has 5 heteroatoms. The molecule has 0 aromatic rings. The second-order valence-electron chi connectivity index (χ2n) is 2.77. The Kier molecular flexibility index (Phi) is 4.33. The lowest BCUT2D eigenvalue weighted by Crippen LogP contribution is -2.43. The highest BCUT2D eigenvalue weighted by Crippen LogP contribution is 2.02. The van der Waals surface area contributed by atoms with Gasteiger partial charge >= 0.3 is 0 Å². The Bertz CT molecular complexity index is 138. The van der Waals surface area contributed by atoms with Crippen molar-refractivity contribution in [3.63, 3.8) is 0 Å². The largest absolute Gasteiger partial charge is 0.390 e. The van der Waals surface area contributed by atoms with Crippen molar-refractivity contribution in [2.24, 2.45) is 0 Å². The van der Waals surface area contributed by atoms with E-state index in [0.717, 1.165) is 0 Å². The molecule has 0 aliphatic rings. The minimum Gasteiger partial charge on any atom is -0.390 e. The Labute approximate surface area is 70.3 Å². The zero-order chi connectivity index (χ0) is 9.89. The molecule has 0 aliphatic heterocycles. The van der Waals surface area contributed by atoms with Crippen LogP contribution in [0.3, 0.4) is 0 Å². The number of carbonyl (C=O) groups excluding carboxylic acids is 1. The summed E-state index contributed by atoms with van der Waals surface area (Å²) in [5.41, 5.74) is 0. The average molecular weight is 178 g/mol. The molecule has 5 nitrogen and oxygen atoms in total. The van der Waals surface area contributed by atoms with Gasteiger partial charge in [-0.15, -0.1) is 0 Å². The summed E-state index contributed by atoms with van der Waals surface area (Å²) in [5.74, 6) is -0.972. The molecule has 0 aromatic carbocycles. The summed E-state index contributed by atoms with van der Waals surface area (Å²) in [6.45, 7) is 2.44. The van der Waals surface area contributed by atoms with Gasteiger partial charge in [0, 0.05) is 0 Å². The molecule has 0 radical (unpaired) electrons. The molecule has 0 aliphatic carbocycles. The maximum absolute atomic E-state index is 10.9. The average Bonchev–Trinajstić information content (AvgIpc) is 2.00.